The molecule has 3 aliphatic carbocycles. The Labute approximate surface area is 313 Å². The smallest absolute Gasteiger partial charge is 1.00 e. The molecular formula is C46H52Cl2Zr. The van der Waals surface area contributed by atoms with Crippen molar-refractivity contribution in [3.8, 4) is 22.3 Å². The summed E-state index contributed by atoms with van der Waals surface area (Å²) in [5, 5.41) is 0. The second-order valence-corrected chi connectivity index (χ2v) is 26.4. The van der Waals surface area contributed by atoms with Crippen molar-refractivity contribution in [3.05, 3.63) is 129 Å². The second-order valence-electron chi connectivity index (χ2n) is 15.0. The minimum absolute atomic E-state index is 0. The van der Waals surface area contributed by atoms with Crippen LogP contribution in [-0.2, 0) is 33.1 Å². The Morgan fingerprint density at radius 3 is 1.31 bits per heavy atom. The topological polar surface area (TPSA) is 0 Å². The third kappa shape index (κ3) is 6.03. The molecule has 1 aliphatic heterocycles. The van der Waals surface area contributed by atoms with Crippen LogP contribution in [0.15, 0.2) is 96.1 Å². The standard InChI is InChI=1S/2C20H21.C6H10.2ClH.Zr/c2*1-3-6-16-9-11-17(12-10-16)19-8-5-7-18-13-15(4-2)14-20(18)19;1-2-4-6-5-3-1;;;/h2*5,7-14H,3-4,6H2,1-2H3;1-2H,3-6H2;2*1H;/q;;;;;+2/p-2. The van der Waals surface area contributed by atoms with E-state index in [4.69, 9.17) is 0 Å². The van der Waals surface area contributed by atoms with Gasteiger partial charge in [-0.1, -0.05) is 0 Å². The van der Waals surface area contributed by atoms with E-state index in [1.165, 1.54) is 84.7 Å². The summed E-state index contributed by atoms with van der Waals surface area (Å²) < 4.78 is 3.45. The summed E-state index contributed by atoms with van der Waals surface area (Å²) in [7, 11) is 0. The van der Waals surface area contributed by atoms with E-state index in [2.05, 4.69) is 125 Å². The number of fused-ring (bicyclic) bond motifs is 3. The van der Waals surface area contributed by atoms with Gasteiger partial charge < -0.3 is 24.8 Å². The van der Waals surface area contributed by atoms with Crippen LogP contribution in [0.5, 0.6) is 0 Å². The molecule has 0 N–H and O–H groups in total. The zero-order chi connectivity index (χ0) is 32.1. The third-order valence-corrected chi connectivity index (χ3v) is 29.7. The van der Waals surface area contributed by atoms with E-state index in [0.29, 0.717) is 7.25 Å². The second kappa shape index (κ2) is 15.2. The summed E-state index contributed by atoms with van der Waals surface area (Å²) in [6, 6.07) is 33.8. The first kappa shape index (κ1) is 36.6. The largest absolute Gasteiger partial charge is 1.00 e. The molecule has 4 aromatic rings. The summed E-state index contributed by atoms with van der Waals surface area (Å²) in [4.78, 5) is 0. The number of hydrogen-bond donors (Lipinski definition) is 0. The number of rotatable bonds is 10. The molecule has 1 heterocycles. The fourth-order valence-corrected chi connectivity index (χ4v) is 34.2. The van der Waals surface area contributed by atoms with Crippen molar-refractivity contribution in [1.82, 2.24) is 0 Å². The molecule has 0 aromatic heterocycles. The fourth-order valence-electron chi connectivity index (χ4n) is 10.7. The summed E-state index contributed by atoms with van der Waals surface area (Å²) in [5.74, 6) is 0. The van der Waals surface area contributed by atoms with Gasteiger partial charge in [0.25, 0.3) is 0 Å². The maximum atomic E-state index is 2.69. The monoisotopic (exact) mass is 764 g/mol. The molecule has 4 unspecified atom stereocenters. The molecule has 49 heavy (non-hydrogen) atoms. The molecule has 2 fully saturated rings. The number of hydrogen-bond acceptors (Lipinski definition) is 0. The maximum absolute atomic E-state index is 2.98. The summed E-state index contributed by atoms with van der Waals surface area (Å²) in [5.41, 5.74) is 18.7. The number of allylic oxidation sites excluding steroid dienone is 2. The van der Waals surface area contributed by atoms with Crippen molar-refractivity contribution >= 4 is 12.2 Å². The summed E-state index contributed by atoms with van der Waals surface area (Å²) >= 11 is -2.98. The molecule has 0 amide bonds. The van der Waals surface area contributed by atoms with E-state index in [-0.39, 0.29) is 24.8 Å². The normalized spacial score (nSPS) is 23.2. The Morgan fingerprint density at radius 2 is 0.939 bits per heavy atom. The van der Waals surface area contributed by atoms with Gasteiger partial charge in [0.15, 0.2) is 0 Å². The molecule has 254 valence electrons. The van der Waals surface area contributed by atoms with Gasteiger partial charge in [0.05, 0.1) is 0 Å². The van der Waals surface area contributed by atoms with Crippen LogP contribution >= 0.6 is 0 Å². The first-order valence-electron chi connectivity index (χ1n) is 19.0. The van der Waals surface area contributed by atoms with Gasteiger partial charge in [-0.05, 0) is 0 Å². The van der Waals surface area contributed by atoms with Crippen molar-refractivity contribution in [2.75, 3.05) is 0 Å². The van der Waals surface area contributed by atoms with Crippen LogP contribution in [0.3, 0.4) is 0 Å². The van der Waals surface area contributed by atoms with Gasteiger partial charge in [0, 0.05) is 0 Å². The molecule has 1 saturated heterocycles. The Balaban J connectivity index is 0.00000208. The van der Waals surface area contributed by atoms with E-state index in [1.807, 2.05) is 0 Å². The van der Waals surface area contributed by atoms with Crippen LogP contribution in [0, 0.1) is 0 Å². The van der Waals surface area contributed by atoms with Crippen LogP contribution in [0.1, 0.15) is 120 Å². The molecule has 1 saturated carbocycles. The molecule has 0 nitrogen and oxygen atoms in total. The molecule has 3 heteroatoms. The van der Waals surface area contributed by atoms with Gasteiger partial charge >= 0.3 is 291 Å². The first-order chi connectivity index (χ1) is 23.1. The number of halogens is 2. The van der Waals surface area contributed by atoms with Crippen molar-refractivity contribution in [2.24, 2.45) is 0 Å². The predicted molar refractivity (Wildman–Crippen MR) is 200 cm³/mol. The minimum atomic E-state index is -2.98. The van der Waals surface area contributed by atoms with Crippen LogP contribution in [0.2, 0.25) is 7.25 Å². The Morgan fingerprint density at radius 1 is 0.531 bits per heavy atom. The molecule has 4 aromatic carbocycles. The van der Waals surface area contributed by atoms with E-state index < -0.39 is 20.3 Å². The average molecular weight is 767 g/mol. The Kier molecular flexibility index (Phi) is 11.4. The van der Waals surface area contributed by atoms with Gasteiger partial charge in [-0.3, -0.25) is 0 Å². The predicted octanol–water partition coefficient (Wildman–Crippen LogP) is 7.65. The summed E-state index contributed by atoms with van der Waals surface area (Å²) in [6.45, 7) is 9.46. The maximum Gasteiger partial charge on any atom is -1.00 e. The Hall–Kier alpha value is -2.18. The quantitative estimate of drug-likeness (QED) is 0.156. The van der Waals surface area contributed by atoms with Crippen molar-refractivity contribution in [2.45, 2.75) is 106 Å². The number of aryl methyl sites for hydroxylation is 2. The molecule has 8 rings (SSSR count). The van der Waals surface area contributed by atoms with Crippen molar-refractivity contribution in [3.63, 3.8) is 0 Å². The first-order valence-corrected chi connectivity index (χ1v) is 24.7. The van der Waals surface area contributed by atoms with E-state index >= 15 is 0 Å². The third-order valence-electron chi connectivity index (χ3n) is 12.7. The van der Waals surface area contributed by atoms with E-state index in [0.717, 1.165) is 20.1 Å². The Bertz CT molecular complexity index is 1710. The molecule has 4 aliphatic rings. The van der Waals surface area contributed by atoms with Crippen LogP contribution < -0.4 is 24.8 Å². The molecule has 4 atom stereocenters. The van der Waals surface area contributed by atoms with Crippen molar-refractivity contribution in [1.29, 1.82) is 0 Å². The van der Waals surface area contributed by atoms with E-state index in [1.54, 1.807) is 33.4 Å². The SMILES string of the molecule is CCCc1ccc(-c2cccc3c2C=C(CC)[CH]3[Zr+2]2([CH]3C(CC)=Cc4c(-c5ccc(CCC)cc5)cccc43)[CH]3CCCC[CH]32)cc1.[Cl-].[Cl-]. The van der Waals surface area contributed by atoms with Gasteiger partial charge in [0.1, 0.15) is 0 Å². The zero-order valence-corrected chi connectivity index (χ0v) is 33.8. The molecule has 0 bridgehead atoms. The van der Waals surface area contributed by atoms with Crippen LogP contribution in [-0.4, -0.2) is 0 Å². The fraction of sp³-hybridized carbons (Fsp3) is 0.391. The van der Waals surface area contributed by atoms with Gasteiger partial charge in [-0.15, -0.1) is 0 Å². The van der Waals surface area contributed by atoms with Gasteiger partial charge in [0.2, 0.25) is 0 Å². The van der Waals surface area contributed by atoms with E-state index in [9.17, 15) is 0 Å². The number of benzene rings is 4. The van der Waals surface area contributed by atoms with Gasteiger partial charge in [-0.2, -0.15) is 0 Å². The van der Waals surface area contributed by atoms with Crippen LogP contribution in [0.25, 0.3) is 34.4 Å². The molecule has 0 spiro atoms. The minimum Gasteiger partial charge on any atom is -1.00 e. The van der Waals surface area contributed by atoms with Gasteiger partial charge in [-0.25, -0.2) is 0 Å². The average Bonchev–Trinajstić information content (AvgIpc) is 3.39. The molecule has 0 radical (unpaired) electrons. The van der Waals surface area contributed by atoms with Crippen molar-refractivity contribution < 1.29 is 45.1 Å². The van der Waals surface area contributed by atoms with Crippen LogP contribution in [0.4, 0.5) is 0 Å². The molecular weight excluding hydrogens is 715 g/mol. The summed E-state index contributed by atoms with van der Waals surface area (Å²) in [6.07, 6.45) is 18.4. The zero-order valence-electron chi connectivity index (χ0n) is 29.9.